The summed E-state index contributed by atoms with van der Waals surface area (Å²) in [4.78, 5) is 14.7. The zero-order chi connectivity index (χ0) is 14.8. The minimum Gasteiger partial charge on any atom is -0.438 e. The van der Waals surface area contributed by atoms with Crippen molar-refractivity contribution in [3.8, 4) is 0 Å². The number of hydrogen-bond acceptors (Lipinski definition) is 4. The molecule has 20 heavy (non-hydrogen) atoms. The van der Waals surface area contributed by atoms with Crippen LogP contribution in [0, 0.1) is 0 Å². The first kappa shape index (κ1) is 14.4. The number of sulfonamides is 1. The molecule has 0 aliphatic rings. The van der Waals surface area contributed by atoms with Gasteiger partial charge in [0.2, 0.25) is 5.09 Å². The molecule has 0 radical (unpaired) electrons. The molecular weight excluding hydrogens is 282 g/mol. The van der Waals surface area contributed by atoms with Gasteiger partial charge in [0, 0.05) is 33.0 Å². The average molecular weight is 297 g/mol. The zero-order valence-electron chi connectivity index (χ0n) is 11.1. The normalized spacial score (nSPS) is 11.8. The smallest absolute Gasteiger partial charge is 0.287 e. The van der Waals surface area contributed by atoms with Crippen molar-refractivity contribution in [2.24, 2.45) is 0 Å². The number of rotatable bonds is 5. The third kappa shape index (κ3) is 2.91. The van der Waals surface area contributed by atoms with Crippen molar-refractivity contribution < 1.29 is 17.6 Å². The van der Waals surface area contributed by atoms with Gasteiger partial charge in [-0.3, -0.25) is 4.79 Å². The average Bonchev–Trinajstić information content (AvgIpc) is 3.07. The highest BCUT2D eigenvalue weighted by Crippen LogP contribution is 2.16. The fraction of sp³-hybridized carbons (Fsp3) is 0.250. The highest BCUT2D eigenvalue weighted by Gasteiger charge is 2.23. The second kappa shape index (κ2) is 5.51. The van der Waals surface area contributed by atoms with E-state index in [9.17, 15) is 13.2 Å². The van der Waals surface area contributed by atoms with Crippen LogP contribution < -0.4 is 5.32 Å². The number of amides is 1. The molecule has 7 nitrogen and oxygen atoms in total. The van der Waals surface area contributed by atoms with Crippen LogP contribution in [0.5, 0.6) is 0 Å². The van der Waals surface area contributed by atoms with Crippen LogP contribution in [0.4, 0.5) is 0 Å². The lowest BCUT2D eigenvalue weighted by molar-refractivity contribution is 0.0917. The van der Waals surface area contributed by atoms with Crippen LogP contribution in [0.25, 0.3) is 0 Å². The summed E-state index contributed by atoms with van der Waals surface area (Å²) < 4.78 is 29.7. The Morgan fingerprint density at radius 3 is 2.70 bits per heavy atom. The Labute approximate surface area is 116 Å². The maximum Gasteiger partial charge on any atom is 0.287 e. The van der Waals surface area contributed by atoms with Gasteiger partial charge in [0.25, 0.3) is 15.9 Å². The van der Waals surface area contributed by atoms with Crippen molar-refractivity contribution in [2.45, 2.75) is 11.6 Å². The SMILES string of the molecule is CN(C)S(=O)(=O)c1ccc(C(=O)NCc2cc[nH]c2)o1. The van der Waals surface area contributed by atoms with Gasteiger partial charge in [-0.25, -0.2) is 12.7 Å². The molecule has 0 saturated heterocycles. The Morgan fingerprint density at radius 2 is 2.10 bits per heavy atom. The largest absolute Gasteiger partial charge is 0.438 e. The Hall–Kier alpha value is -2.06. The van der Waals surface area contributed by atoms with E-state index < -0.39 is 15.9 Å². The quantitative estimate of drug-likeness (QED) is 0.853. The van der Waals surface area contributed by atoms with E-state index in [1.54, 1.807) is 12.4 Å². The first-order chi connectivity index (χ1) is 9.41. The maximum atomic E-state index is 11.8. The molecule has 0 aliphatic carbocycles. The molecule has 0 spiro atoms. The predicted molar refractivity (Wildman–Crippen MR) is 71.5 cm³/mol. The first-order valence-electron chi connectivity index (χ1n) is 5.83. The summed E-state index contributed by atoms with van der Waals surface area (Å²) >= 11 is 0. The number of aromatic nitrogens is 1. The molecule has 0 aromatic carbocycles. The molecule has 2 rings (SSSR count). The zero-order valence-corrected chi connectivity index (χ0v) is 11.9. The molecule has 0 aliphatic heterocycles. The lowest BCUT2D eigenvalue weighted by Crippen LogP contribution is -2.23. The molecule has 0 atom stereocenters. The lowest BCUT2D eigenvalue weighted by Gasteiger charge is -2.07. The van der Waals surface area contributed by atoms with Crippen LogP contribution in [0.3, 0.4) is 0 Å². The fourth-order valence-electron chi connectivity index (χ4n) is 1.50. The molecule has 0 saturated carbocycles. The standard InChI is InChI=1S/C12H15N3O4S/c1-15(2)20(17,18)11-4-3-10(19-11)12(16)14-8-9-5-6-13-7-9/h3-7,13H,8H2,1-2H3,(H,14,16). The Kier molecular flexibility index (Phi) is 3.96. The summed E-state index contributed by atoms with van der Waals surface area (Å²) in [6.07, 6.45) is 3.50. The topological polar surface area (TPSA) is 95.4 Å². The molecule has 2 aromatic rings. The summed E-state index contributed by atoms with van der Waals surface area (Å²) in [5.41, 5.74) is 0.908. The summed E-state index contributed by atoms with van der Waals surface area (Å²) in [5, 5.41) is 2.38. The molecular formula is C12H15N3O4S. The summed E-state index contributed by atoms with van der Waals surface area (Å²) in [6.45, 7) is 0.332. The number of nitrogens with one attached hydrogen (secondary N) is 2. The van der Waals surface area contributed by atoms with Gasteiger partial charge < -0.3 is 14.7 Å². The van der Waals surface area contributed by atoms with Gasteiger partial charge in [-0.2, -0.15) is 0 Å². The third-order valence-corrected chi connectivity index (χ3v) is 4.34. The molecule has 2 N–H and O–H groups in total. The summed E-state index contributed by atoms with van der Waals surface area (Å²) in [6, 6.07) is 4.42. The number of H-pyrrole nitrogens is 1. The summed E-state index contributed by atoms with van der Waals surface area (Å²) in [7, 11) is -0.881. The highest BCUT2D eigenvalue weighted by molar-refractivity contribution is 7.88. The van der Waals surface area contributed by atoms with E-state index >= 15 is 0 Å². The Balaban J connectivity index is 2.07. The van der Waals surface area contributed by atoms with E-state index in [0.717, 1.165) is 9.87 Å². The van der Waals surface area contributed by atoms with Crippen LogP contribution in [0.1, 0.15) is 16.1 Å². The maximum absolute atomic E-state index is 11.8. The van der Waals surface area contributed by atoms with Gasteiger partial charge in [0.1, 0.15) is 0 Å². The van der Waals surface area contributed by atoms with Crippen molar-refractivity contribution in [1.29, 1.82) is 0 Å². The molecule has 1 amide bonds. The molecule has 2 heterocycles. The number of aromatic amines is 1. The molecule has 8 heteroatoms. The number of nitrogens with zero attached hydrogens (tertiary/aromatic N) is 1. The van der Waals surface area contributed by atoms with Crippen molar-refractivity contribution in [3.63, 3.8) is 0 Å². The van der Waals surface area contributed by atoms with Gasteiger partial charge in [-0.1, -0.05) is 0 Å². The Bertz CT molecular complexity index is 686. The monoisotopic (exact) mass is 297 g/mol. The van der Waals surface area contributed by atoms with Crippen molar-refractivity contribution >= 4 is 15.9 Å². The number of carbonyl (C=O) groups excluding carboxylic acids is 1. The van der Waals surface area contributed by atoms with Crippen molar-refractivity contribution in [2.75, 3.05) is 14.1 Å². The molecule has 0 bridgehead atoms. The summed E-state index contributed by atoms with van der Waals surface area (Å²) in [5.74, 6) is -0.507. The van der Waals surface area contributed by atoms with Crippen molar-refractivity contribution in [3.05, 3.63) is 41.9 Å². The molecule has 0 unspecified atom stereocenters. The molecule has 108 valence electrons. The minimum absolute atomic E-state index is 0.0408. The van der Waals surface area contributed by atoms with Gasteiger partial charge in [-0.05, 0) is 23.8 Å². The lowest BCUT2D eigenvalue weighted by atomic mass is 10.3. The molecule has 0 fully saturated rings. The molecule has 2 aromatic heterocycles. The second-order valence-corrected chi connectivity index (χ2v) is 6.39. The highest BCUT2D eigenvalue weighted by atomic mass is 32.2. The number of hydrogen-bond donors (Lipinski definition) is 2. The van der Waals surface area contributed by atoms with E-state index in [2.05, 4.69) is 10.3 Å². The van der Waals surface area contributed by atoms with Gasteiger partial charge in [0.15, 0.2) is 5.76 Å². The van der Waals surface area contributed by atoms with Gasteiger partial charge in [0.05, 0.1) is 0 Å². The van der Waals surface area contributed by atoms with E-state index in [0.29, 0.717) is 6.54 Å². The third-order valence-electron chi connectivity index (χ3n) is 2.66. The van der Waals surface area contributed by atoms with E-state index in [-0.39, 0.29) is 10.9 Å². The minimum atomic E-state index is -3.67. The number of furan rings is 1. The van der Waals surface area contributed by atoms with E-state index in [1.165, 1.54) is 26.2 Å². The predicted octanol–water partition coefficient (Wildman–Crippen LogP) is 0.788. The first-order valence-corrected chi connectivity index (χ1v) is 7.27. The van der Waals surface area contributed by atoms with E-state index in [1.807, 2.05) is 6.07 Å². The van der Waals surface area contributed by atoms with Crippen LogP contribution in [0.2, 0.25) is 0 Å². The van der Waals surface area contributed by atoms with Crippen molar-refractivity contribution in [1.82, 2.24) is 14.6 Å². The van der Waals surface area contributed by atoms with Gasteiger partial charge in [-0.15, -0.1) is 0 Å². The van der Waals surface area contributed by atoms with E-state index in [4.69, 9.17) is 4.42 Å². The van der Waals surface area contributed by atoms with Crippen LogP contribution in [-0.2, 0) is 16.6 Å². The second-order valence-electron chi connectivity index (χ2n) is 4.31. The van der Waals surface area contributed by atoms with Crippen LogP contribution in [0.15, 0.2) is 40.1 Å². The fourth-order valence-corrected chi connectivity index (χ4v) is 2.29. The van der Waals surface area contributed by atoms with Crippen LogP contribution in [-0.4, -0.2) is 37.7 Å². The van der Waals surface area contributed by atoms with Crippen LogP contribution >= 0.6 is 0 Å². The Morgan fingerprint density at radius 1 is 1.35 bits per heavy atom. The van der Waals surface area contributed by atoms with Gasteiger partial charge >= 0.3 is 0 Å². The number of carbonyl (C=O) groups is 1.